The van der Waals surface area contributed by atoms with Gasteiger partial charge in [-0.1, -0.05) is 13.0 Å². The highest BCUT2D eigenvalue weighted by Gasteiger charge is 2.29. The zero-order chi connectivity index (χ0) is 16.4. The molecule has 1 fully saturated rings. The van der Waals surface area contributed by atoms with Gasteiger partial charge in [-0.15, -0.1) is 0 Å². The summed E-state index contributed by atoms with van der Waals surface area (Å²) in [6, 6.07) is 7.89. The molecule has 2 aromatic rings. The fraction of sp³-hybridized carbons (Fsp3) is 0.444. The van der Waals surface area contributed by atoms with E-state index < -0.39 is 0 Å². The lowest BCUT2D eigenvalue weighted by atomic mass is 10.0. The Morgan fingerprint density at radius 2 is 2.17 bits per heavy atom. The number of aromatic nitrogens is 1. The van der Waals surface area contributed by atoms with Crippen LogP contribution in [0.15, 0.2) is 30.5 Å². The molecule has 5 heteroatoms. The Morgan fingerprint density at radius 1 is 1.35 bits per heavy atom. The monoisotopic (exact) mass is 314 g/mol. The summed E-state index contributed by atoms with van der Waals surface area (Å²) < 4.78 is 11.6. The maximum Gasteiger partial charge on any atom is 0.221 e. The molecule has 0 bridgehead atoms. The molecule has 0 unspecified atom stereocenters. The number of carbonyl (C=O) groups excluding carboxylic acids is 1. The molecule has 2 atom stereocenters. The van der Waals surface area contributed by atoms with E-state index in [2.05, 4.69) is 17.2 Å². The van der Waals surface area contributed by atoms with Crippen molar-refractivity contribution in [3.63, 3.8) is 0 Å². The van der Waals surface area contributed by atoms with Gasteiger partial charge in [0.05, 0.1) is 12.1 Å². The molecule has 0 spiro atoms. The first-order valence-electron chi connectivity index (χ1n) is 8.00. The Morgan fingerprint density at radius 3 is 2.87 bits per heavy atom. The minimum Gasteiger partial charge on any atom is -0.491 e. The normalized spacial score (nSPS) is 20.8. The molecule has 1 saturated heterocycles. The standard InChI is InChI=1S/C18H22N2O3/c1-11(2)23-14-5-4-13-6-7-19-18(15(13)9-14)22-10-16-12(3)8-17(21)20-16/h4-7,9,11-12,16H,8,10H2,1-3H3,(H,20,21)/t12-,16-/m1/s1. The molecule has 0 radical (unpaired) electrons. The number of nitrogens with zero attached hydrogens (tertiary/aromatic N) is 1. The molecule has 1 aliphatic heterocycles. The summed E-state index contributed by atoms with van der Waals surface area (Å²) in [6.45, 7) is 6.47. The predicted octanol–water partition coefficient (Wildman–Crippen LogP) is 2.93. The van der Waals surface area contributed by atoms with Gasteiger partial charge in [0.15, 0.2) is 0 Å². The third kappa shape index (κ3) is 3.55. The van der Waals surface area contributed by atoms with Crippen molar-refractivity contribution in [2.24, 2.45) is 5.92 Å². The molecule has 1 aliphatic rings. The molecule has 23 heavy (non-hydrogen) atoms. The smallest absolute Gasteiger partial charge is 0.221 e. The minimum atomic E-state index is 0.0367. The molecule has 1 amide bonds. The van der Waals surface area contributed by atoms with Gasteiger partial charge in [0.2, 0.25) is 11.8 Å². The van der Waals surface area contributed by atoms with E-state index in [9.17, 15) is 4.79 Å². The minimum absolute atomic E-state index is 0.0367. The molecule has 0 aliphatic carbocycles. The number of hydrogen-bond acceptors (Lipinski definition) is 4. The van der Waals surface area contributed by atoms with Crippen LogP contribution in [0.1, 0.15) is 27.2 Å². The first-order chi connectivity index (χ1) is 11.0. The molecule has 1 aromatic heterocycles. The van der Waals surface area contributed by atoms with Crippen LogP contribution in [0.5, 0.6) is 11.6 Å². The number of amides is 1. The summed E-state index contributed by atoms with van der Waals surface area (Å²) >= 11 is 0. The Kier molecular flexibility index (Phi) is 4.37. The van der Waals surface area contributed by atoms with Crippen LogP contribution in [-0.2, 0) is 4.79 Å². The summed E-state index contributed by atoms with van der Waals surface area (Å²) in [4.78, 5) is 15.8. The van der Waals surface area contributed by atoms with Gasteiger partial charge in [0.1, 0.15) is 12.4 Å². The van der Waals surface area contributed by atoms with Crippen molar-refractivity contribution in [1.29, 1.82) is 0 Å². The molecule has 2 heterocycles. The highest BCUT2D eigenvalue weighted by Crippen LogP contribution is 2.28. The van der Waals surface area contributed by atoms with E-state index >= 15 is 0 Å². The van der Waals surface area contributed by atoms with Gasteiger partial charge >= 0.3 is 0 Å². The lowest BCUT2D eigenvalue weighted by Gasteiger charge is -2.17. The zero-order valence-corrected chi connectivity index (χ0v) is 13.7. The fourth-order valence-corrected chi connectivity index (χ4v) is 2.80. The number of carbonyl (C=O) groups is 1. The largest absolute Gasteiger partial charge is 0.491 e. The lowest BCUT2D eigenvalue weighted by molar-refractivity contribution is -0.119. The van der Waals surface area contributed by atoms with Gasteiger partial charge in [-0.05, 0) is 43.4 Å². The molecule has 5 nitrogen and oxygen atoms in total. The average Bonchev–Trinajstić information content (AvgIpc) is 2.82. The van der Waals surface area contributed by atoms with Crippen molar-refractivity contribution >= 4 is 16.7 Å². The number of fused-ring (bicyclic) bond motifs is 1. The van der Waals surface area contributed by atoms with Crippen molar-refractivity contribution in [2.75, 3.05) is 6.61 Å². The SMILES string of the molecule is CC(C)Oc1ccc2ccnc(OC[C@H]3NC(=O)C[C@H]3C)c2c1. The van der Waals surface area contributed by atoms with E-state index in [0.29, 0.717) is 18.9 Å². The van der Waals surface area contributed by atoms with Crippen LogP contribution in [0, 0.1) is 5.92 Å². The van der Waals surface area contributed by atoms with Gasteiger partial charge in [0.25, 0.3) is 0 Å². The average molecular weight is 314 g/mol. The molecular weight excluding hydrogens is 292 g/mol. The van der Waals surface area contributed by atoms with Crippen LogP contribution in [0.3, 0.4) is 0 Å². The van der Waals surface area contributed by atoms with Crippen LogP contribution >= 0.6 is 0 Å². The van der Waals surface area contributed by atoms with Crippen molar-refractivity contribution in [1.82, 2.24) is 10.3 Å². The van der Waals surface area contributed by atoms with Crippen LogP contribution in [0.25, 0.3) is 10.8 Å². The second kappa shape index (κ2) is 6.44. The molecular formula is C18H22N2O3. The lowest BCUT2D eigenvalue weighted by Crippen LogP contribution is -2.34. The van der Waals surface area contributed by atoms with Gasteiger partial charge < -0.3 is 14.8 Å². The Bertz CT molecular complexity index is 714. The topological polar surface area (TPSA) is 60.5 Å². The quantitative estimate of drug-likeness (QED) is 0.922. The van der Waals surface area contributed by atoms with Crippen molar-refractivity contribution < 1.29 is 14.3 Å². The Hall–Kier alpha value is -2.30. The molecule has 122 valence electrons. The molecule has 3 rings (SSSR count). The van der Waals surface area contributed by atoms with Gasteiger partial charge in [-0.25, -0.2) is 4.98 Å². The highest BCUT2D eigenvalue weighted by atomic mass is 16.5. The zero-order valence-electron chi connectivity index (χ0n) is 13.7. The van der Waals surface area contributed by atoms with E-state index in [1.54, 1.807) is 6.20 Å². The van der Waals surface area contributed by atoms with E-state index in [4.69, 9.17) is 9.47 Å². The van der Waals surface area contributed by atoms with Crippen LogP contribution in [0.4, 0.5) is 0 Å². The number of rotatable bonds is 5. The van der Waals surface area contributed by atoms with Crippen LogP contribution in [0.2, 0.25) is 0 Å². The van der Waals surface area contributed by atoms with Crippen molar-refractivity contribution in [3.8, 4) is 11.6 Å². The maximum absolute atomic E-state index is 11.4. The molecule has 1 N–H and O–H groups in total. The fourth-order valence-electron chi connectivity index (χ4n) is 2.80. The van der Waals surface area contributed by atoms with E-state index in [1.807, 2.05) is 38.1 Å². The summed E-state index contributed by atoms with van der Waals surface area (Å²) in [5.74, 6) is 1.74. The second-order valence-electron chi connectivity index (χ2n) is 6.33. The van der Waals surface area contributed by atoms with E-state index in [0.717, 1.165) is 16.5 Å². The summed E-state index contributed by atoms with van der Waals surface area (Å²) in [5, 5.41) is 4.91. The van der Waals surface area contributed by atoms with Crippen molar-refractivity contribution in [2.45, 2.75) is 39.3 Å². The number of nitrogens with one attached hydrogen (secondary N) is 1. The van der Waals surface area contributed by atoms with Gasteiger partial charge in [-0.3, -0.25) is 4.79 Å². The highest BCUT2D eigenvalue weighted by molar-refractivity contribution is 5.88. The second-order valence-corrected chi connectivity index (χ2v) is 6.33. The van der Waals surface area contributed by atoms with E-state index in [-0.39, 0.29) is 24.0 Å². The third-order valence-electron chi connectivity index (χ3n) is 4.01. The first-order valence-corrected chi connectivity index (χ1v) is 8.00. The van der Waals surface area contributed by atoms with Crippen LogP contribution < -0.4 is 14.8 Å². The van der Waals surface area contributed by atoms with Gasteiger partial charge in [-0.2, -0.15) is 0 Å². The Balaban J connectivity index is 1.80. The Labute approximate surface area is 136 Å². The van der Waals surface area contributed by atoms with Crippen molar-refractivity contribution in [3.05, 3.63) is 30.5 Å². The summed E-state index contributed by atoms with van der Waals surface area (Å²) in [6.07, 6.45) is 2.41. The number of ether oxygens (including phenoxy) is 2. The number of pyridine rings is 1. The summed E-state index contributed by atoms with van der Waals surface area (Å²) in [7, 11) is 0. The maximum atomic E-state index is 11.4. The molecule has 0 saturated carbocycles. The first kappa shape index (κ1) is 15.6. The van der Waals surface area contributed by atoms with Gasteiger partial charge in [0, 0.05) is 18.0 Å². The number of benzene rings is 1. The third-order valence-corrected chi connectivity index (χ3v) is 4.01. The van der Waals surface area contributed by atoms with E-state index in [1.165, 1.54) is 0 Å². The summed E-state index contributed by atoms with van der Waals surface area (Å²) in [5.41, 5.74) is 0. The molecule has 1 aromatic carbocycles. The van der Waals surface area contributed by atoms with Crippen LogP contribution in [-0.4, -0.2) is 29.6 Å². The predicted molar refractivity (Wildman–Crippen MR) is 88.7 cm³/mol. The number of hydrogen-bond donors (Lipinski definition) is 1.